The molecule has 0 fully saturated rings. The normalized spacial score (nSPS) is 13.5. The molecule has 0 saturated heterocycles. The summed E-state index contributed by atoms with van der Waals surface area (Å²) < 4.78 is 50.8. The molecule has 0 amide bonds. The second-order valence-corrected chi connectivity index (χ2v) is 5.35. The van der Waals surface area contributed by atoms with Gasteiger partial charge in [0.25, 0.3) is 0 Å². The van der Waals surface area contributed by atoms with Crippen molar-refractivity contribution in [3.63, 3.8) is 0 Å². The van der Waals surface area contributed by atoms with E-state index in [2.05, 4.69) is 0 Å². The summed E-state index contributed by atoms with van der Waals surface area (Å²) in [5.74, 6) is -0.742. The molecular weight excluding hydrogens is 337 g/mol. The Labute approximate surface area is 141 Å². The summed E-state index contributed by atoms with van der Waals surface area (Å²) in [7, 11) is 1.29. The Morgan fingerprint density at radius 2 is 1.92 bits per heavy atom. The van der Waals surface area contributed by atoms with Gasteiger partial charge in [0.2, 0.25) is 0 Å². The van der Waals surface area contributed by atoms with Gasteiger partial charge in [-0.3, -0.25) is 0 Å². The standard InChI is InChI=1S/C18H13F3O4/c1-24-11-3-4-13(15(9-11)18(19,20)21)12-6-7-25-16-5-2-10(17(22)23)8-14(12)16/h2-6,8-9H,7H2,1H3,(H,22,23). The molecular formula is C18H13F3O4. The van der Waals surface area contributed by atoms with Crippen molar-refractivity contribution in [3.8, 4) is 11.5 Å². The number of hydrogen-bond donors (Lipinski definition) is 1. The van der Waals surface area contributed by atoms with Gasteiger partial charge in [-0.1, -0.05) is 6.07 Å². The van der Waals surface area contributed by atoms with E-state index in [1.807, 2.05) is 0 Å². The molecule has 0 unspecified atom stereocenters. The minimum atomic E-state index is -4.59. The van der Waals surface area contributed by atoms with Gasteiger partial charge in [0, 0.05) is 5.56 Å². The number of hydrogen-bond acceptors (Lipinski definition) is 3. The van der Waals surface area contributed by atoms with E-state index in [1.54, 1.807) is 0 Å². The lowest BCUT2D eigenvalue weighted by Crippen LogP contribution is -2.13. The number of methoxy groups -OCH3 is 1. The molecule has 2 aromatic rings. The highest BCUT2D eigenvalue weighted by molar-refractivity contribution is 5.92. The summed E-state index contributed by atoms with van der Waals surface area (Å²) in [5, 5.41) is 9.14. The molecule has 2 aromatic carbocycles. The largest absolute Gasteiger partial charge is 0.497 e. The number of ether oxygens (including phenoxy) is 2. The van der Waals surface area contributed by atoms with Gasteiger partial charge in [0.15, 0.2) is 0 Å². The van der Waals surface area contributed by atoms with Crippen LogP contribution < -0.4 is 9.47 Å². The van der Waals surface area contributed by atoms with Crippen LogP contribution in [0, 0.1) is 0 Å². The molecule has 1 heterocycles. The molecule has 0 radical (unpaired) electrons. The van der Waals surface area contributed by atoms with Crippen LogP contribution >= 0.6 is 0 Å². The van der Waals surface area contributed by atoms with Crippen LogP contribution in [0.3, 0.4) is 0 Å². The van der Waals surface area contributed by atoms with Crippen molar-refractivity contribution >= 4 is 11.5 Å². The van der Waals surface area contributed by atoms with Crippen LogP contribution in [0.1, 0.15) is 27.0 Å². The molecule has 1 aliphatic heterocycles. The molecule has 25 heavy (non-hydrogen) atoms. The maximum absolute atomic E-state index is 13.5. The Balaban J connectivity index is 2.20. The van der Waals surface area contributed by atoms with Gasteiger partial charge in [-0.15, -0.1) is 0 Å². The van der Waals surface area contributed by atoms with Crippen molar-refractivity contribution < 1.29 is 32.5 Å². The van der Waals surface area contributed by atoms with Crippen molar-refractivity contribution in [2.24, 2.45) is 0 Å². The van der Waals surface area contributed by atoms with Gasteiger partial charge in [0.05, 0.1) is 18.2 Å². The number of halogens is 3. The minimum Gasteiger partial charge on any atom is -0.497 e. The number of alkyl halides is 3. The van der Waals surface area contributed by atoms with Gasteiger partial charge in [-0.05, 0) is 47.5 Å². The van der Waals surface area contributed by atoms with Crippen molar-refractivity contribution in [2.45, 2.75) is 6.18 Å². The number of carbonyl (C=O) groups is 1. The van der Waals surface area contributed by atoms with Crippen LogP contribution in [0.4, 0.5) is 13.2 Å². The molecule has 1 aliphatic rings. The van der Waals surface area contributed by atoms with Crippen LogP contribution in [-0.4, -0.2) is 24.8 Å². The Kier molecular flexibility index (Phi) is 4.16. The fraction of sp³-hybridized carbons (Fsp3) is 0.167. The number of rotatable bonds is 3. The molecule has 130 valence electrons. The van der Waals surface area contributed by atoms with E-state index in [-0.39, 0.29) is 29.1 Å². The summed E-state index contributed by atoms with van der Waals surface area (Å²) in [4.78, 5) is 11.2. The van der Waals surface area contributed by atoms with E-state index in [0.29, 0.717) is 11.3 Å². The van der Waals surface area contributed by atoms with Crippen molar-refractivity contribution in [1.82, 2.24) is 0 Å². The molecule has 7 heteroatoms. The lowest BCUT2D eigenvalue weighted by atomic mass is 9.90. The first-order valence-corrected chi connectivity index (χ1v) is 7.27. The van der Waals surface area contributed by atoms with E-state index in [4.69, 9.17) is 14.6 Å². The lowest BCUT2D eigenvalue weighted by molar-refractivity contribution is -0.137. The average molecular weight is 350 g/mol. The van der Waals surface area contributed by atoms with E-state index in [1.165, 1.54) is 43.5 Å². The van der Waals surface area contributed by atoms with Crippen LogP contribution in [0.25, 0.3) is 5.57 Å². The summed E-state index contributed by atoms with van der Waals surface area (Å²) >= 11 is 0. The number of benzene rings is 2. The van der Waals surface area contributed by atoms with Gasteiger partial charge < -0.3 is 14.6 Å². The van der Waals surface area contributed by atoms with Crippen LogP contribution in [0.5, 0.6) is 11.5 Å². The van der Waals surface area contributed by atoms with Crippen molar-refractivity contribution in [1.29, 1.82) is 0 Å². The predicted octanol–water partition coefficient (Wildman–Crippen LogP) is 4.24. The quantitative estimate of drug-likeness (QED) is 0.900. The number of fused-ring (bicyclic) bond motifs is 1. The topological polar surface area (TPSA) is 55.8 Å². The van der Waals surface area contributed by atoms with E-state index >= 15 is 0 Å². The molecule has 0 spiro atoms. The highest BCUT2D eigenvalue weighted by atomic mass is 19.4. The van der Waals surface area contributed by atoms with Crippen molar-refractivity contribution in [2.75, 3.05) is 13.7 Å². The maximum atomic E-state index is 13.5. The second kappa shape index (κ2) is 6.16. The number of aromatic carboxylic acids is 1. The van der Waals surface area contributed by atoms with E-state index in [9.17, 15) is 18.0 Å². The molecule has 3 rings (SSSR count). The fourth-order valence-corrected chi connectivity index (χ4v) is 2.70. The van der Waals surface area contributed by atoms with Crippen molar-refractivity contribution in [3.05, 3.63) is 64.7 Å². The van der Waals surface area contributed by atoms with E-state index in [0.717, 1.165) is 6.07 Å². The highest BCUT2D eigenvalue weighted by Gasteiger charge is 2.35. The van der Waals surface area contributed by atoms with Crippen LogP contribution in [0.15, 0.2) is 42.5 Å². The van der Waals surface area contributed by atoms with Gasteiger partial charge in [-0.2, -0.15) is 13.2 Å². The zero-order valence-electron chi connectivity index (χ0n) is 13.1. The molecule has 0 atom stereocenters. The smallest absolute Gasteiger partial charge is 0.417 e. The zero-order chi connectivity index (χ0) is 18.2. The lowest BCUT2D eigenvalue weighted by Gasteiger charge is -2.22. The first-order valence-electron chi connectivity index (χ1n) is 7.27. The fourth-order valence-electron chi connectivity index (χ4n) is 2.70. The monoisotopic (exact) mass is 350 g/mol. The molecule has 4 nitrogen and oxygen atoms in total. The molecule has 0 bridgehead atoms. The maximum Gasteiger partial charge on any atom is 0.417 e. The Morgan fingerprint density at radius 3 is 2.56 bits per heavy atom. The zero-order valence-corrected chi connectivity index (χ0v) is 13.1. The van der Waals surface area contributed by atoms with Gasteiger partial charge >= 0.3 is 12.1 Å². The third kappa shape index (κ3) is 3.17. The van der Waals surface area contributed by atoms with Gasteiger partial charge in [0.1, 0.15) is 18.1 Å². The molecule has 1 N–H and O–H groups in total. The molecule has 0 aliphatic carbocycles. The summed E-state index contributed by atoms with van der Waals surface area (Å²) in [6, 6.07) is 7.78. The average Bonchev–Trinajstić information content (AvgIpc) is 2.59. The molecule has 0 aromatic heterocycles. The van der Waals surface area contributed by atoms with Crippen LogP contribution in [0.2, 0.25) is 0 Å². The number of carboxylic acids is 1. The van der Waals surface area contributed by atoms with Gasteiger partial charge in [-0.25, -0.2) is 4.79 Å². The van der Waals surface area contributed by atoms with E-state index < -0.39 is 17.7 Å². The number of carboxylic acid groups (broad SMARTS) is 1. The summed E-state index contributed by atoms with van der Waals surface area (Å²) in [5.41, 5.74) is -0.356. The Bertz CT molecular complexity index is 869. The predicted molar refractivity (Wildman–Crippen MR) is 84.0 cm³/mol. The first kappa shape index (κ1) is 16.9. The van der Waals surface area contributed by atoms with Crippen LogP contribution in [-0.2, 0) is 6.18 Å². The second-order valence-electron chi connectivity index (χ2n) is 5.35. The third-order valence-electron chi connectivity index (χ3n) is 3.87. The highest BCUT2D eigenvalue weighted by Crippen LogP contribution is 2.42. The third-order valence-corrected chi connectivity index (χ3v) is 3.87. The SMILES string of the molecule is COc1ccc(C2=CCOc3ccc(C(=O)O)cc32)c(C(F)(F)F)c1. The Hall–Kier alpha value is -2.96. The summed E-state index contributed by atoms with van der Waals surface area (Å²) in [6.07, 6.45) is -3.08. The minimum absolute atomic E-state index is 0.0304. The first-order chi connectivity index (χ1) is 11.8. The Morgan fingerprint density at radius 1 is 1.16 bits per heavy atom. The summed E-state index contributed by atoms with van der Waals surface area (Å²) in [6.45, 7) is 0.0953. The molecule has 0 saturated carbocycles.